The van der Waals surface area contributed by atoms with Gasteiger partial charge in [0.25, 0.3) is 12.4 Å². The Morgan fingerprint density at radius 2 is 1.82 bits per heavy atom. The molecule has 1 unspecified atom stereocenters. The number of alkyl halides is 2. The van der Waals surface area contributed by atoms with Crippen molar-refractivity contribution < 1.29 is 36.5 Å². The van der Waals surface area contributed by atoms with Crippen LogP contribution < -0.4 is 10.1 Å². The molecule has 0 saturated carbocycles. The average molecular weight is 503 g/mol. The number of hydrogen-bond acceptors (Lipinski definition) is 7. The summed E-state index contributed by atoms with van der Waals surface area (Å²) in [5, 5.41) is 3.03. The number of ether oxygens (including phenoxy) is 4. The van der Waals surface area contributed by atoms with Gasteiger partial charge in [0, 0.05) is 12.1 Å². The predicted molar refractivity (Wildman–Crippen MR) is 112 cm³/mol. The van der Waals surface area contributed by atoms with Crippen LogP contribution in [0.2, 0.25) is 5.02 Å². The van der Waals surface area contributed by atoms with Crippen LogP contribution in [0.4, 0.5) is 23.4 Å². The van der Waals surface area contributed by atoms with E-state index in [0.29, 0.717) is 5.52 Å². The Hall–Kier alpha value is -2.67. The first-order valence-corrected chi connectivity index (χ1v) is 10.8. The monoisotopic (exact) mass is 502 g/mol. The molecular formula is C21H19ClF4N4O4. The number of rotatable bonds is 8. The highest BCUT2D eigenvalue weighted by Crippen LogP contribution is 2.32. The molecule has 2 saturated heterocycles. The van der Waals surface area contributed by atoms with Gasteiger partial charge in [0.1, 0.15) is 42.4 Å². The van der Waals surface area contributed by atoms with Crippen LogP contribution in [0.3, 0.4) is 0 Å². The van der Waals surface area contributed by atoms with E-state index in [-0.39, 0.29) is 47.8 Å². The molecule has 8 nitrogen and oxygen atoms in total. The van der Waals surface area contributed by atoms with Crippen LogP contribution in [0.15, 0.2) is 24.3 Å². The second kappa shape index (κ2) is 9.53. The first-order valence-electron chi connectivity index (χ1n) is 10.4. The number of halogens is 5. The average Bonchev–Trinajstić information content (AvgIpc) is 3.48. The Morgan fingerprint density at radius 3 is 2.56 bits per heavy atom. The Kier molecular flexibility index (Phi) is 6.47. The number of nitrogens with zero attached hydrogens (tertiary/aromatic N) is 2. The van der Waals surface area contributed by atoms with E-state index in [1.165, 1.54) is 6.07 Å². The molecule has 5 rings (SSSR count). The Bertz CT molecular complexity index is 1160. The summed E-state index contributed by atoms with van der Waals surface area (Å²) >= 11 is 6.26. The Morgan fingerprint density at radius 1 is 1.12 bits per heavy atom. The zero-order chi connectivity index (χ0) is 23.8. The molecule has 2 aromatic heterocycles. The molecule has 4 heterocycles. The zero-order valence-corrected chi connectivity index (χ0v) is 18.2. The summed E-state index contributed by atoms with van der Waals surface area (Å²) in [7, 11) is 0. The molecule has 2 N–H and O–H groups in total. The van der Waals surface area contributed by atoms with E-state index >= 15 is 0 Å². The molecule has 0 aliphatic carbocycles. The van der Waals surface area contributed by atoms with Gasteiger partial charge in [0.15, 0.2) is 11.8 Å². The maximum atomic E-state index is 13.9. The molecule has 2 fully saturated rings. The van der Waals surface area contributed by atoms with Gasteiger partial charge < -0.3 is 29.2 Å². The van der Waals surface area contributed by atoms with E-state index < -0.39 is 49.1 Å². The van der Waals surface area contributed by atoms with Crippen LogP contribution in [0.25, 0.3) is 11.2 Å². The largest absolute Gasteiger partial charge is 0.456 e. The number of nitrogens with one attached hydrogen (secondary N) is 2. The van der Waals surface area contributed by atoms with Gasteiger partial charge in [-0.1, -0.05) is 17.7 Å². The molecule has 2 aliphatic rings. The molecule has 0 radical (unpaired) electrons. The molecule has 0 bridgehead atoms. The summed E-state index contributed by atoms with van der Waals surface area (Å²) in [6.45, 7) is -0.575. The number of hydrogen-bond donors (Lipinski definition) is 2. The van der Waals surface area contributed by atoms with Crippen LogP contribution in [0.5, 0.6) is 6.01 Å². The van der Waals surface area contributed by atoms with E-state index in [4.69, 9.17) is 30.5 Å². The highest BCUT2D eigenvalue weighted by atomic mass is 35.5. The van der Waals surface area contributed by atoms with Crippen molar-refractivity contribution in [2.24, 2.45) is 0 Å². The highest BCUT2D eigenvalue weighted by Gasteiger charge is 2.50. The standard InChI is InChI=1S/C21H19ClF4N4O4/c22-10-4-13-20(29-19(10)27-5-9-11(23)2-1-3-12(9)24)30-21(28-13)34-15-7-33-17-14(6-32-18(15)17)31-8-16(25)26/h1-4,14-18H,5-8H2,(H2,27,28,29,30)/t14-,15-,17-,18?/m1/s1. The fraction of sp³-hybridized carbons (Fsp3) is 0.429. The number of benzene rings is 1. The number of H-pyrrole nitrogens is 1. The summed E-state index contributed by atoms with van der Waals surface area (Å²) in [5.74, 6) is -1.18. The minimum absolute atomic E-state index is 0.122. The van der Waals surface area contributed by atoms with Gasteiger partial charge in [-0.15, -0.1) is 0 Å². The minimum Gasteiger partial charge on any atom is -0.456 e. The third-order valence-corrected chi connectivity index (χ3v) is 5.85. The van der Waals surface area contributed by atoms with Crippen molar-refractivity contribution >= 4 is 28.6 Å². The van der Waals surface area contributed by atoms with Crippen molar-refractivity contribution in [2.75, 3.05) is 25.1 Å². The van der Waals surface area contributed by atoms with Gasteiger partial charge in [-0.3, -0.25) is 0 Å². The Labute approximate surface area is 195 Å². The molecule has 34 heavy (non-hydrogen) atoms. The van der Waals surface area contributed by atoms with Crippen LogP contribution in [0.1, 0.15) is 5.56 Å². The van der Waals surface area contributed by atoms with Gasteiger partial charge >= 0.3 is 0 Å². The number of aromatic amines is 1. The smallest absolute Gasteiger partial charge is 0.296 e. The van der Waals surface area contributed by atoms with Crippen LogP contribution >= 0.6 is 11.6 Å². The SMILES string of the molecule is Fc1cccc(F)c1CNc1nc2nc(O[C@@H]3CO[C@H]4C3OC[C@H]4OCC(F)F)[nH]c2cc1Cl. The van der Waals surface area contributed by atoms with Crippen molar-refractivity contribution in [3.8, 4) is 6.01 Å². The van der Waals surface area contributed by atoms with E-state index in [0.717, 1.165) is 12.1 Å². The van der Waals surface area contributed by atoms with Crippen LogP contribution in [0, 0.1) is 11.6 Å². The molecule has 3 aromatic rings. The highest BCUT2D eigenvalue weighted by molar-refractivity contribution is 6.33. The maximum absolute atomic E-state index is 13.9. The van der Waals surface area contributed by atoms with E-state index in [1.807, 2.05) is 0 Å². The normalized spacial score (nSPS) is 24.2. The van der Waals surface area contributed by atoms with Gasteiger partial charge in [-0.2, -0.15) is 4.98 Å². The van der Waals surface area contributed by atoms with Gasteiger partial charge in [-0.05, 0) is 18.2 Å². The summed E-state index contributed by atoms with van der Waals surface area (Å²) in [4.78, 5) is 11.5. The van der Waals surface area contributed by atoms with Crippen molar-refractivity contribution in [1.29, 1.82) is 0 Å². The van der Waals surface area contributed by atoms with E-state index in [1.54, 1.807) is 6.07 Å². The summed E-state index contributed by atoms with van der Waals surface area (Å²) in [6, 6.07) is 5.28. The number of pyridine rings is 1. The number of fused-ring (bicyclic) bond motifs is 2. The second-order valence-electron chi connectivity index (χ2n) is 7.80. The predicted octanol–water partition coefficient (Wildman–Crippen LogP) is 3.70. The van der Waals surface area contributed by atoms with E-state index in [2.05, 4.69) is 20.3 Å². The third-order valence-electron chi connectivity index (χ3n) is 5.56. The molecule has 4 atom stereocenters. The molecule has 13 heteroatoms. The molecule has 2 aliphatic heterocycles. The van der Waals surface area contributed by atoms with E-state index in [9.17, 15) is 17.6 Å². The Balaban J connectivity index is 1.26. The van der Waals surface area contributed by atoms with Gasteiger partial charge in [-0.25, -0.2) is 22.5 Å². The van der Waals surface area contributed by atoms with Crippen molar-refractivity contribution in [3.63, 3.8) is 0 Å². The first-order chi connectivity index (χ1) is 16.4. The maximum Gasteiger partial charge on any atom is 0.296 e. The zero-order valence-electron chi connectivity index (χ0n) is 17.4. The van der Waals surface area contributed by atoms with Crippen molar-refractivity contribution in [1.82, 2.24) is 15.0 Å². The van der Waals surface area contributed by atoms with Crippen LogP contribution in [-0.2, 0) is 20.8 Å². The third kappa shape index (κ3) is 4.63. The quantitative estimate of drug-likeness (QED) is 0.454. The molecular weight excluding hydrogens is 484 g/mol. The molecule has 0 amide bonds. The molecule has 1 aromatic carbocycles. The lowest BCUT2D eigenvalue weighted by molar-refractivity contribution is -0.0700. The number of anilines is 1. The fourth-order valence-electron chi connectivity index (χ4n) is 3.96. The number of imidazole rings is 1. The summed E-state index contributed by atoms with van der Waals surface area (Å²) in [5.41, 5.74) is 0.593. The first kappa shape index (κ1) is 23.1. The van der Waals surface area contributed by atoms with Crippen LogP contribution in [-0.4, -0.2) is 65.6 Å². The lowest BCUT2D eigenvalue weighted by atomic mass is 10.1. The topological polar surface area (TPSA) is 90.5 Å². The lowest BCUT2D eigenvalue weighted by Gasteiger charge is -2.16. The summed E-state index contributed by atoms with van der Waals surface area (Å²) < 4.78 is 74.9. The fourth-order valence-corrected chi connectivity index (χ4v) is 4.18. The van der Waals surface area contributed by atoms with Gasteiger partial charge in [0.2, 0.25) is 0 Å². The van der Waals surface area contributed by atoms with Crippen molar-refractivity contribution in [2.45, 2.75) is 37.4 Å². The summed E-state index contributed by atoms with van der Waals surface area (Å²) in [6.07, 6.45) is -4.73. The number of aromatic nitrogens is 3. The minimum atomic E-state index is -2.58. The lowest BCUT2D eigenvalue weighted by Crippen LogP contribution is -2.36. The molecule has 182 valence electrons. The van der Waals surface area contributed by atoms with Gasteiger partial charge in [0.05, 0.1) is 23.8 Å². The second-order valence-corrected chi connectivity index (χ2v) is 8.21. The molecule has 0 spiro atoms. The van der Waals surface area contributed by atoms with Crippen molar-refractivity contribution in [3.05, 3.63) is 46.5 Å².